The Balaban J connectivity index is 1.59. The summed E-state index contributed by atoms with van der Waals surface area (Å²) in [4.78, 5) is 20.7. The van der Waals surface area contributed by atoms with E-state index in [9.17, 15) is 14.3 Å². The molecule has 0 fully saturated rings. The van der Waals surface area contributed by atoms with Crippen LogP contribution in [0.5, 0.6) is 0 Å². The van der Waals surface area contributed by atoms with Crippen LogP contribution >= 0.6 is 11.3 Å². The number of fused-ring (bicyclic) bond motifs is 1. The Morgan fingerprint density at radius 2 is 2.00 bits per heavy atom. The molecule has 0 radical (unpaired) electrons. The average Bonchev–Trinajstić information content (AvgIpc) is 3.39. The van der Waals surface area contributed by atoms with E-state index in [0.717, 1.165) is 33.4 Å². The molecule has 1 aromatic carbocycles. The first-order valence-corrected chi connectivity index (χ1v) is 10.2. The molecule has 3 heterocycles. The molecule has 0 saturated carbocycles. The summed E-state index contributed by atoms with van der Waals surface area (Å²) in [6.45, 7) is 1.84. The second-order valence-electron chi connectivity index (χ2n) is 6.81. The Bertz CT molecular complexity index is 1150. The molecule has 0 bridgehead atoms. The molecule has 148 valence electrons. The van der Waals surface area contributed by atoms with Crippen molar-refractivity contribution in [2.24, 2.45) is 0 Å². The van der Waals surface area contributed by atoms with E-state index in [0.29, 0.717) is 11.3 Å². The second-order valence-corrected chi connectivity index (χ2v) is 7.72. The zero-order chi connectivity index (χ0) is 20.4. The van der Waals surface area contributed by atoms with Gasteiger partial charge in [-0.3, -0.25) is 4.79 Å². The highest BCUT2D eigenvalue weighted by Crippen LogP contribution is 2.29. The molecule has 0 unspecified atom stereocenters. The van der Waals surface area contributed by atoms with Gasteiger partial charge in [-0.2, -0.15) is 0 Å². The highest BCUT2D eigenvalue weighted by Gasteiger charge is 2.15. The smallest absolute Gasteiger partial charge is 0.261 e. The van der Waals surface area contributed by atoms with Gasteiger partial charge in [0.25, 0.3) is 5.91 Å². The fraction of sp³-hybridized carbons (Fsp3) is 0.182. The van der Waals surface area contributed by atoms with Gasteiger partial charge < -0.3 is 15.4 Å². The van der Waals surface area contributed by atoms with Crippen molar-refractivity contribution in [2.45, 2.75) is 19.4 Å². The van der Waals surface area contributed by atoms with Crippen LogP contribution in [0.25, 0.3) is 33.4 Å². The van der Waals surface area contributed by atoms with Gasteiger partial charge >= 0.3 is 0 Å². The van der Waals surface area contributed by atoms with Gasteiger partial charge in [-0.25, -0.2) is 9.37 Å². The number of amides is 1. The third-order valence-corrected chi connectivity index (χ3v) is 5.76. The van der Waals surface area contributed by atoms with Crippen molar-refractivity contribution in [3.63, 3.8) is 0 Å². The first-order valence-electron chi connectivity index (χ1n) is 9.32. The summed E-state index contributed by atoms with van der Waals surface area (Å²) in [5.41, 5.74) is 4.32. The molecular formula is C22H20FN3O2S. The standard InChI is InChI=1S/C22H20FN3O2S/c1-2-18(11-27)25-22(28)20-9-16(12-29-20)15-7-14-8-19(26-21(14)24-10-15)13-3-5-17(23)6-4-13/h3-10,12,18,27H,2,11H2,1H3,(H,24,26)(H,25,28)/t18-/m0/s1. The molecule has 0 aliphatic carbocycles. The lowest BCUT2D eigenvalue weighted by molar-refractivity contribution is 0.0919. The number of aromatic amines is 1. The Morgan fingerprint density at radius 1 is 1.21 bits per heavy atom. The van der Waals surface area contributed by atoms with Crippen LogP contribution < -0.4 is 5.32 Å². The largest absolute Gasteiger partial charge is 0.394 e. The van der Waals surface area contributed by atoms with Crippen LogP contribution in [0, 0.1) is 5.82 Å². The van der Waals surface area contributed by atoms with Crippen LogP contribution in [-0.4, -0.2) is 33.6 Å². The van der Waals surface area contributed by atoms with Gasteiger partial charge in [-0.05, 0) is 65.4 Å². The lowest BCUT2D eigenvalue weighted by Crippen LogP contribution is -2.36. The number of nitrogens with one attached hydrogen (secondary N) is 2. The molecule has 3 N–H and O–H groups in total. The highest BCUT2D eigenvalue weighted by molar-refractivity contribution is 7.12. The fourth-order valence-corrected chi connectivity index (χ4v) is 3.92. The molecule has 7 heteroatoms. The number of aliphatic hydroxyl groups is 1. The summed E-state index contributed by atoms with van der Waals surface area (Å²) in [5.74, 6) is -0.455. The average molecular weight is 409 g/mol. The number of pyridine rings is 1. The minimum Gasteiger partial charge on any atom is -0.394 e. The van der Waals surface area contributed by atoms with Gasteiger partial charge in [0.2, 0.25) is 0 Å². The third kappa shape index (κ3) is 4.06. The van der Waals surface area contributed by atoms with Crippen LogP contribution in [-0.2, 0) is 0 Å². The maximum Gasteiger partial charge on any atom is 0.261 e. The maximum absolute atomic E-state index is 13.2. The SMILES string of the molecule is CC[C@@H](CO)NC(=O)c1cc(-c2cnc3[nH]c(-c4ccc(F)cc4)cc3c2)cs1. The topological polar surface area (TPSA) is 78.0 Å². The molecular weight excluding hydrogens is 389 g/mol. The van der Waals surface area contributed by atoms with Crippen molar-refractivity contribution in [2.75, 3.05) is 6.61 Å². The molecule has 0 saturated heterocycles. The van der Waals surface area contributed by atoms with Gasteiger partial charge in [0.1, 0.15) is 11.5 Å². The van der Waals surface area contributed by atoms with Crippen molar-refractivity contribution < 1.29 is 14.3 Å². The predicted molar refractivity (Wildman–Crippen MR) is 113 cm³/mol. The molecule has 29 heavy (non-hydrogen) atoms. The van der Waals surface area contributed by atoms with Gasteiger partial charge in [0.15, 0.2) is 0 Å². The molecule has 5 nitrogen and oxygen atoms in total. The summed E-state index contributed by atoms with van der Waals surface area (Å²) in [5, 5.41) is 14.9. The van der Waals surface area contributed by atoms with E-state index in [1.54, 1.807) is 18.3 Å². The van der Waals surface area contributed by atoms with Crippen LogP contribution in [0.4, 0.5) is 4.39 Å². The van der Waals surface area contributed by atoms with E-state index in [1.807, 2.05) is 30.5 Å². The minimum absolute atomic E-state index is 0.0784. The number of H-pyrrole nitrogens is 1. The normalized spacial score (nSPS) is 12.2. The third-order valence-electron chi connectivity index (χ3n) is 4.83. The number of thiophene rings is 1. The van der Waals surface area contributed by atoms with E-state index in [2.05, 4.69) is 15.3 Å². The molecule has 4 rings (SSSR count). The summed E-state index contributed by atoms with van der Waals surface area (Å²) < 4.78 is 13.2. The summed E-state index contributed by atoms with van der Waals surface area (Å²) in [6, 6.07) is 11.9. The zero-order valence-electron chi connectivity index (χ0n) is 15.8. The predicted octanol–water partition coefficient (Wildman–Crippen LogP) is 4.60. The lowest BCUT2D eigenvalue weighted by Gasteiger charge is -2.12. The fourth-order valence-electron chi connectivity index (χ4n) is 3.10. The Labute approximate surface area is 171 Å². The molecule has 1 atom stereocenters. The number of nitrogens with zero attached hydrogens (tertiary/aromatic N) is 1. The first kappa shape index (κ1) is 19.3. The van der Waals surface area contributed by atoms with Crippen molar-refractivity contribution in [1.29, 1.82) is 0 Å². The number of rotatable bonds is 6. The Kier molecular flexibility index (Phi) is 5.42. The number of carbonyl (C=O) groups is 1. The second kappa shape index (κ2) is 8.14. The minimum atomic E-state index is -0.271. The molecule has 3 aromatic heterocycles. The van der Waals surface area contributed by atoms with E-state index in [4.69, 9.17) is 0 Å². The number of hydrogen-bond acceptors (Lipinski definition) is 4. The molecule has 1 amide bonds. The van der Waals surface area contributed by atoms with Crippen LogP contribution in [0.3, 0.4) is 0 Å². The van der Waals surface area contributed by atoms with E-state index in [1.165, 1.54) is 23.5 Å². The number of carbonyl (C=O) groups excluding carboxylic acids is 1. The van der Waals surface area contributed by atoms with E-state index < -0.39 is 0 Å². The van der Waals surface area contributed by atoms with Crippen LogP contribution in [0.1, 0.15) is 23.0 Å². The van der Waals surface area contributed by atoms with Crippen LogP contribution in [0.15, 0.2) is 54.0 Å². The van der Waals surface area contributed by atoms with Gasteiger partial charge in [0.05, 0.1) is 17.5 Å². The Hall–Kier alpha value is -3.03. The molecule has 4 aromatic rings. The van der Waals surface area contributed by atoms with Crippen LogP contribution in [0.2, 0.25) is 0 Å². The summed E-state index contributed by atoms with van der Waals surface area (Å²) in [7, 11) is 0. The molecule has 0 spiro atoms. The number of hydrogen-bond donors (Lipinski definition) is 3. The van der Waals surface area contributed by atoms with Crippen molar-refractivity contribution >= 4 is 28.3 Å². The van der Waals surface area contributed by atoms with Gasteiger partial charge in [-0.1, -0.05) is 6.92 Å². The van der Waals surface area contributed by atoms with Gasteiger partial charge in [0, 0.05) is 22.8 Å². The molecule has 0 aliphatic rings. The zero-order valence-corrected chi connectivity index (χ0v) is 16.6. The number of aromatic nitrogens is 2. The quantitative estimate of drug-likeness (QED) is 0.436. The summed E-state index contributed by atoms with van der Waals surface area (Å²) >= 11 is 1.36. The van der Waals surface area contributed by atoms with E-state index in [-0.39, 0.29) is 24.4 Å². The number of halogens is 1. The molecule has 0 aliphatic heterocycles. The van der Waals surface area contributed by atoms with Gasteiger partial charge in [-0.15, -0.1) is 11.3 Å². The van der Waals surface area contributed by atoms with Crippen molar-refractivity contribution in [1.82, 2.24) is 15.3 Å². The van der Waals surface area contributed by atoms with Crippen molar-refractivity contribution in [3.8, 4) is 22.4 Å². The monoisotopic (exact) mass is 409 g/mol. The highest BCUT2D eigenvalue weighted by atomic mass is 32.1. The maximum atomic E-state index is 13.2. The van der Waals surface area contributed by atoms with Crippen molar-refractivity contribution in [3.05, 3.63) is 64.7 Å². The Morgan fingerprint density at radius 3 is 2.72 bits per heavy atom. The first-order chi connectivity index (χ1) is 14.1. The number of aliphatic hydroxyl groups excluding tert-OH is 1. The van der Waals surface area contributed by atoms with E-state index >= 15 is 0 Å². The lowest BCUT2D eigenvalue weighted by atomic mass is 10.1. The number of benzene rings is 1. The summed E-state index contributed by atoms with van der Waals surface area (Å²) in [6.07, 6.45) is 2.44.